The first-order chi connectivity index (χ1) is 9.20. The second-order valence-electron chi connectivity index (χ2n) is 5.35. The zero-order valence-corrected chi connectivity index (χ0v) is 13.7. The van der Waals surface area contributed by atoms with Crippen LogP contribution >= 0.6 is 15.9 Å². The van der Waals surface area contributed by atoms with E-state index in [1.54, 1.807) is 18.0 Å². The van der Waals surface area contributed by atoms with E-state index in [9.17, 15) is 13.2 Å². The highest BCUT2D eigenvalue weighted by Crippen LogP contribution is 2.38. The number of amides is 1. The topological polar surface area (TPSA) is 80.5 Å². The molecule has 7 heteroatoms. The summed E-state index contributed by atoms with van der Waals surface area (Å²) in [6.45, 7) is 2.85. The van der Waals surface area contributed by atoms with E-state index in [0.717, 1.165) is 6.42 Å². The van der Waals surface area contributed by atoms with Gasteiger partial charge in [-0.15, -0.1) is 0 Å². The fraction of sp³-hybridized carbons (Fsp3) is 0.462. The van der Waals surface area contributed by atoms with E-state index in [-0.39, 0.29) is 10.8 Å². The molecule has 2 atom stereocenters. The van der Waals surface area contributed by atoms with Crippen LogP contribution in [-0.2, 0) is 10.0 Å². The normalized spacial score (nSPS) is 21.6. The molecule has 0 spiro atoms. The molecule has 1 fully saturated rings. The number of nitrogens with two attached hydrogens (primary N) is 1. The lowest BCUT2D eigenvalue weighted by molar-refractivity contribution is 0.0787. The number of nitrogens with zero attached hydrogens (tertiary/aromatic N) is 1. The Balaban J connectivity index is 2.22. The summed E-state index contributed by atoms with van der Waals surface area (Å²) >= 11 is 3.13. The maximum Gasteiger partial charge on any atom is 0.253 e. The predicted molar refractivity (Wildman–Crippen MR) is 79.7 cm³/mol. The van der Waals surface area contributed by atoms with Gasteiger partial charge in [-0.05, 0) is 52.4 Å². The van der Waals surface area contributed by atoms with E-state index >= 15 is 0 Å². The average molecular weight is 361 g/mol. The molecule has 2 unspecified atom stereocenters. The third kappa shape index (κ3) is 3.39. The number of primary sulfonamides is 1. The molecule has 2 N–H and O–H groups in total. The van der Waals surface area contributed by atoms with Crippen molar-refractivity contribution in [2.24, 2.45) is 17.0 Å². The van der Waals surface area contributed by atoms with Crippen molar-refractivity contribution in [3.05, 3.63) is 28.2 Å². The fourth-order valence-electron chi connectivity index (χ4n) is 2.16. The first-order valence-electron chi connectivity index (χ1n) is 6.28. The minimum Gasteiger partial charge on any atom is -0.341 e. The van der Waals surface area contributed by atoms with Crippen molar-refractivity contribution in [2.75, 3.05) is 13.6 Å². The summed E-state index contributed by atoms with van der Waals surface area (Å²) in [5.41, 5.74) is 0.327. The SMILES string of the molecule is CC1CC1CN(C)C(=O)c1ccc(Br)c(S(N)(=O)=O)c1. The fourth-order valence-corrected chi connectivity index (χ4v) is 3.72. The molecule has 1 aromatic carbocycles. The Morgan fingerprint density at radius 1 is 1.50 bits per heavy atom. The maximum absolute atomic E-state index is 12.3. The molecule has 0 saturated heterocycles. The van der Waals surface area contributed by atoms with Gasteiger partial charge in [-0.3, -0.25) is 4.79 Å². The van der Waals surface area contributed by atoms with E-state index < -0.39 is 10.0 Å². The van der Waals surface area contributed by atoms with Gasteiger partial charge in [-0.1, -0.05) is 6.92 Å². The van der Waals surface area contributed by atoms with Gasteiger partial charge in [-0.25, -0.2) is 13.6 Å². The Morgan fingerprint density at radius 2 is 2.10 bits per heavy atom. The van der Waals surface area contributed by atoms with E-state index in [1.807, 2.05) is 0 Å². The molecule has 0 aromatic heterocycles. The Morgan fingerprint density at radius 3 is 2.60 bits per heavy atom. The second-order valence-corrected chi connectivity index (χ2v) is 7.73. The third-order valence-electron chi connectivity index (χ3n) is 3.62. The number of halogens is 1. The lowest BCUT2D eigenvalue weighted by atomic mass is 10.2. The van der Waals surface area contributed by atoms with Gasteiger partial charge in [-0.2, -0.15) is 0 Å². The number of carbonyl (C=O) groups excluding carboxylic acids is 1. The van der Waals surface area contributed by atoms with E-state index in [0.29, 0.717) is 28.4 Å². The van der Waals surface area contributed by atoms with Crippen molar-refractivity contribution in [1.82, 2.24) is 4.90 Å². The van der Waals surface area contributed by atoms with Gasteiger partial charge in [0.2, 0.25) is 10.0 Å². The van der Waals surface area contributed by atoms with Gasteiger partial charge in [0.15, 0.2) is 0 Å². The van der Waals surface area contributed by atoms with Crippen LogP contribution in [0.2, 0.25) is 0 Å². The largest absolute Gasteiger partial charge is 0.341 e. The van der Waals surface area contributed by atoms with Crippen molar-refractivity contribution in [3.8, 4) is 0 Å². The van der Waals surface area contributed by atoms with Crippen molar-refractivity contribution in [1.29, 1.82) is 0 Å². The van der Waals surface area contributed by atoms with Gasteiger partial charge < -0.3 is 4.90 Å². The quantitative estimate of drug-likeness (QED) is 0.888. The first kappa shape index (κ1) is 15.5. The standard InChI is InChI=1S/C13H17BrN2O3S/c1-8-5-10(8)7-16(2)13(17)9-3-4-11(14)12(6-9)20(15,18)19/h3-4,6,8,10H,5,7H2,1-2H3,(H2,15,18,19). The number of benzene rings is 1. The first-order valence-corrected chi connectivity index (χ1v) is 8.62. The summed E-state index contributed by atoms with van der Waals surface area (Å²) in [7, 11) is -2.12. The van der Waals surface area contributed by atoms with Crippen LogP contribution in [0.1, 0.15) is 23.7 Å². The highest BCUT2D eigenvalue weighted by molar-refractivity contribution is 9.10. The van der Waals surface area contributed by atoms with Crippen LogP contribution in [0.15, 0.2) is 27.6 Å². The van der Waals surface area contributed by atoms with Crippen LogP contribution in [-0.4, -0.2) is 32.8 Å². The third-order valence-corrected chi connectivity index (χ3v) is 5.52. The number of hydrogen-bond acceptors (Lipinski definition) is 3. The van der Waals surface area contributed by atoms with Crippen LogP contribution in [0.25, 0.3) is 0 Å². The van der Waals surface area contributed by atoms with E-state index in [2.05, 4.69) is 22.9 Å². The summed E-state index contributed by atoms with van der Waals surface area (Å²) in [4.78, 5) is 13.8. The van der Waals surface area contributed by atoms with Crippen LogP contribution in [0.5, 0.6) is 0 Å². The molecule has 20 heavy (non-hydrogen) atoms. The molecule has 1 saturated carbocycles. The molecular weight excluding hydrogens is 344 g/mol. The molecule has 0 heterocycles. The number of carbonyl (C=O) groups is 1. The van der Waals surface area contributed by atoms with Crippen molar-refractivity contribution in [3.63, 3.8) is 0 Å². The molecule has 1 amide bonds. The summed E-state index contributed by atoms with van der Waals surface area (Å²) in [5, 5.41) is 5.13. The van der Waals surface area contributed by atoms with Crippen molar-refractivity contribution in [2.45, 2.75) is 18.2 Å². The molecule has 1 aliphatic rings. The molecular formula is C13H17BrN2O3S. The van der Waals surface area contributed by atoms with Crippen LogP contribution in [0, 0.1) is 11.8 Å². The maximum atomic E-state index is 12.3. The summed E-state index contributed by atoms with van der Waals surface area (Å²) in [6, 6.07) is 4.43. The Labute approximate surface area is 127 Å². The van der Waals surface area contributed by atoms with Crippen molar-refractivity contribution >= 4 is 31.9 Å². The van der Waals surface area contributed by atoms with Gasteiger partial charge in [0.1, 0.15) is 0 Å². The Hall–Kier alpha value is -0.920. The second kappa shape index (κ2) is 5.46. The number of sulfonamides is 1. The van der Waals surface area contributed by atoms with Gasteiger partial charge in [0.25, 0.3) is 5.91 Å². The highest BCUT2D eigenvalue weighted by atomic mass is 79.9. The summed E-state index contributed by atoms with van der Waals surface area (Å²) < 4.78 is 23.3. The lowest BCUT2D eigenvalue weighted by Gasteiger charge is -2.17. The molecule has 110 valence electrons. The lowest BCUT2D eigenvalue weighted by Crippen LogP contribution is -2.29. The zero-order valence-electron chi connectivity index (χ0n) is 11.3. The smallest absolute Gasteiger partial charge is 0.253 e. The Bertz CT molecular complexity index is 645. The molecule has 0 aliphatic heterocycles. The van der Waals surface area contributed by atoms with Crippen LogP contribution < -0.4 is 5.14 Å². The minimum atomic E-state index is -3.85. The van der Waals surface area contributed by atoms with Crippen LogP contribution in [0.4, 0.5) is 0 Å². The molecule has 0 radical (unpaired) electrons. The summed E-state index contributed by atoms with van der Waals surface area (Å²) in [5.74, 6) is 1.02. The van der Waals surface area contributed by atoms with Crippen LogP contribution in [0.3, 0.4) is 0 Å². The van der Waals surface area contributed by atoms with Crippen molar-refractivity contribution < 1.29 is 13.2 Å². The minimum absolute atomic E-state index is 0.0726. The molecule has 2 rings (SSSR count). The molecule has 1 aromatic rings. The predicted octanol–water partition coefficient (Wildman–Crippen LogP) is 1.82. The summed E-state index contributed by atoms with van der Waals surface area (Å²) in [6.07, 6.45) is 1.14. The van der Waals surface area contributed by atoms with Gasteiger partial charge in [0.05, 0.1) is 4.90 Å². The Kier molecular flexibility index (Phi) is 4.22. The van der Waals surface area contributed by atoms with E-state index in [4.69, 9.17) is 5.14 Å². The molecule has 0 bridgehead atoms. The molecule has 1 aliphatic carbocycles. The monoisotopic (exact) mass is 360 g/mol. The zero-order chi connectivity index (χ0) is 15.1. The number of rotatable bonds is 4. The van der Waals surface area contributed by atoms with Gasteiger partial charge in [0, 0.05) is 23.6 Å². The van der Waals surface area contributed by atoms with E-state index in [1.165, 1.54) is 12.1 Å². The molecule has 5 nitrogen and oxygen atoms in total. The van der Waals surface area contributed by atoms with Gasteiger partial charge >= 0.3 is 0 Å². The average Bonchev–Trinajstić information content (AvgIpc) is 3.03. The number of hydrogen-bond donors (Lipinski definition) is 1. The highest BCUT2D eigenvalue weighted by Gasteiger charge is 2.34.